The summed E-state index contributed by atoms with van der Waals surface area (Å²) in [5, 5.41) is 1.72. The minimum Gasteiger partial charge on any atom is -0.342 e. The Morgan fingerprint density at radius 1 is 1.37 bits per heavy atom. The molecule has 1 aromatic heterocycles. The molecule has 2 heterocycles. The van der Waals surface area contributed by atoms with E-state index in [1.807, 2.05) is 0 Å². The first-order chi connectivity index (χ1) is 9.01. The summed E-state index contributed by atoms with van der Waals surface area (Å²) in [6.45, 7) is 1.40. The number of carbonyl (C=O) groups excluding carboxylic acids is 1. The first-order valence-corrected chi connectivity index (χ1v) is 8.61. The van der Waals surface area contributed by atoms with E-state index in [4.69, 9.17) is 0 Å². The molecular formula is C12H18N2O3S2. The fourth-order valence-electron chi connectivity index (χ4n) is 2.08. The highest BCUT2D eigenvalue weighted by molar-refractivity contribution is 7.91. The maximum absolute atomic E-state index is 12.2. The Morgan fingerprint density at radius 2 is 2.05 bits per heavy atom. The van der Waals surface area contributed by atoms with Crippen molar-refractivity contribution in [3.05, 3.63) is 17.5 Å². The molecule has 0 radical (unpaired) electrons. The lowest BCUT2D eigenvalue weighted by Crippen LogP contribution is -2.43. The number of hydrogen-bond acceptors (Lipinski definition) is 4. The van der Waals surface area contributed by atoms with E-state index in [2.05, 4.69) is 0 Å². The highest BCUT2D eigenvalue weighted by Crippen LogP contribution is 2.20. The molecule has 1 saturated heterocycles. The number of nitrogens with zero attached hydrogens (tertiary/aromatic N) is 2. The molecule has 0 aliphatic carbocycles. The zero-order valence-corrected chi connectivity index (χ0v) is 12.5. The van der Waals surface area contributed by atoms with Gasteiger partial charge in [-0.1, -0.05) is 6.07 Å². The number of amides is 1. The Morgan fingerprint density at radius 3 is 2.63 bits per heavy atom. The molecule has 0 unspecified atom stereocenters. The van der Waals surface area contributed by atoms with E-state index in [1.54, 1.807) is 22.4 Å². The summed E-state index contributed by atoms with van der Waals surface area (Å²) < 4.78 is 25.8. The van der Waals surface area contributed by atoms with Gasteiger partial charge in [0.05, 0.1) is 6.54 Å². The van der Waals surface area contributed by atoms with Crippen LogP contribution in [0, 0.1) is 0 Å². The monoisotopic (exact) mass is 302 g/mol. The van der Waals surface area contributed by atoms with Crippen molar-refractivity contribution < 1.29 is 13.2 Å². The predicted molar refractivity (Wildman–Crippen MR) is 74.6 cm³/mol. The molecule has 106 valence electrons. The number of likely N-dealkylation sites (N-methyl/N-ethyl adjacent to an activating group) is 1. The molecule has 19 heavy (non-hydrogen) atoms. The first kappa shape index (κ1) is 14.5. The molecule has 5 nitrogen and oxygen atoms in total. The van der Waals surface area contributed by atoms with Crippen LogP contribution >= 0.6 is 11.3 Å². The fourth-order valence-corrected chi connectivity index (χ4v) is 4.40. The maximum atomic E-state index is 12.2. The quantitative estimate of drug-likeness (QED) is 0.844. The van der Waals surface area contributed by atoms with E-state index in [1.165, 1.54) is 18.4 Å². The van der Waals surface area contributed by atoms with E-state index in [0.717, 1.165) is 36.7 Å². The summed E-state index contributed by atoms with van der Waals surface area (Å²) in [4.78, 5) is 13.8. The van der Waals surface area contributed by atoms with Gasteiger partial charge in [0, 0.05) is 20.1 Å². The SMILES string of the molecule is CN(CC(=O)N1CCCCC1)S(=O)(=O)c1cccs1. The van der Waals surface area contributed by atoms with Crippen molar-refractivity contribution in [3.8, 4) is 0 Å². The summed E-state index contributed by atoms with van der Waals surface area (Å²) in [5.41, 5.74) is 0. The van der Waals surface area contributed by atoms with Gasteiger partial charge in [-0.15, -0.1) is 11.3 Å². The van der Waals surface area contributed by atoms with Crippen LogP contribution in [0.4, 0.5) is 0 Å². The molecule has 0 bridgehead atoms. The van der Waals surface area contributed by atoms with Gasteiger partial charge in [-0.05, 0) is 30.7 Å². The maximum Gasteiger partial charge on any atom is 0.252 e. The molecular weight excluding hydrogens is 284 g/mol. The van der Waals surface area contributed by atoms with Crippen LogP contribution in [0.15, 0.2) is 21.7 Å². The second kappa shape index (κ2) is 6.02. The lowest BCUT2D eigenvalue weighted by atomic mass is 10.1. The Kier molecular flexibility index (Phi) is 4.59. The van der Waals surface area contributed by atoms with E-state index >= 15 is 0 Å². The van der Waals surface area contributed by atoms with Crippen LogP contribution in [0.25, 0.3) is 0 Å². The van der Waals surface area contributed by atoms with Crippen molar-refractivity contribution in [2.24, 2.45) is 0 Å². The Bertz CT molecular complexity index is 519. The third-order valence-corrected chi connectivity index (χ3v) is 6.40. The number of piperidine rings is 1. The molecule has 1 fully saturated rings. The molecule has 0 saturated carbocycles. The van der Waals surface area contributed by atoms with Crippen molar-refractivity contribution in [3.63, 3.8) is 0 Å². The van der Waals surface area contributed by atoms with Crippen molar-refractivity contribution in [1.29, 1.82) is 0 Å². The zero-order chi connectivity index (χ0) is 13.9. The Labute approximate surface area is 117 Å². The molecule has 0 N–H and O–H groups in total. The second-order valence-corrected chi connectivity index (χ2v) is 7.85. The normalized spacial score (nSPS) is 16.8. The van der Waals surface area contributed by atoms with Gasteiger partial charge in [0.1, 0.15) is 4.21 Å². The van der Waals surface area contributed by atoms with Crippen molar-refractivity contribution >= 4 is 27.3 Å². The number of sulfonamides is 1. The van der Waals surface area contributed by atoms with Gasteiger partial charge < -0.3 is 4.90 Å². The Hall–Kier alpha value is -0.920. The van der Waals surface area contributed by atoms with Gasteiger partial charge in [0.2, 0.25) is 5.91 Å². The van der Waals surface area contributed by atoms with Gasteiger partial charge >= 0.3 is 0 Å². The number of likely N-dealkylation sites (tertiary alicyclic amines) is 1. The molecule has 2 rings (SSSR count). The third kappa shape index (κ3) is 3.34. The van der Waals surface area contributed by atoms with E-state index in [-0.39, 0.29) is 16.7 Å². The van der Waals surface area contributed by atoms with Crippen LogP contribution in [0.3, 0.4) is 0 Å². The number of thiophene rings is 1. The van der Waals surface area contributed by atoms with E-state index < -0.39 is 10.0 Å². The average Bonchev–Trinajstić information content (AvgIpc) is 2.94. The van der Waals surface area contributed by atoms with E-state index in [0.29, 0.717) is 0 Å². The minimum absolute atomic E-state index is 0.0831. The summed E-state index contributed by atoms with van der Waals surface area (Å²) >= 11 is 1.17. The smallest absolute Gasteiger partial charge is 0.252 e. The average molecular weight is 302 g/mol. The van der Waals surface area contributed by atoms with Crippen LogP contribution in [-0.2, 0) is 14.8 Å². The summed E-state index contributed by atoms with van der Waals surface area (Å²) in [7, 11) is -2.07. The van der Waals surface area contributed by atoms with E-state index in [9.17, 15) is 13.2 Å². The second-order valence-electron chi connectivity index (χ2n) is 4.63. The molecule has 1 amide bonds. The lowest BCUT2D eigenvalue weighted by molar-refractivity contribution is -0.132. The summed E-state index contributed by atoms with van der Waals surface area (Å²) in [6, 6.07) is 3.25. The van der Waals surface area contributed by atoms with Gasteiger partial charge in [-0.25, -0.2) is 8.42 Å². The molecule has 7 heteroatoms. The molecule has 0 aromatic carbocycles. The largest absolute Gasteiger partial charge is 0.342 e. The minimum atomic E-state index is -3.53. The molecule has 1 aromatic rings. The van der Waals surface area contributed by atoms with Gasteiger partial charge in [-0.2, -0.15) is 4.31 Å². The topological polar surface area (TPSA) is 57.7 Å². The molecule has 1 aliphatic heterocycles. The highest BCUT2D eigenvalue weighted by Gasteiger charge is 2.26. The zero-order valence-electron chi connectivity index (χ0n) is 10.9. The summed E-state index contributed by atoms with van der Waals surface area (Å²) in [5.74, 6) is -0.109. The number of carbonyl (C=O) groups is 1. The Balaban J connectivity index is 2.00. The molecule has 1 aliphatic rings. The predicted octanol–water partition coefficient (Wildman–Crippen LogP) is 1.38. The summed E-state index contributed by atoms with van der Waals surface area (Å²) in [6.07, 6.45) is 3.16. The van der Waals surface area contributed by atoms with Crippen molar-refractivity contribution in [2.45, 2.75) is 23.5 Å². The van der Waals surface area contributed by atoms with Crippen LogP contribution in [0.1, 0.15) is 19.3 Å². The number of rotatable bonds is 4. The standard InChI is InChI=1S/C12H18N2O3S2/c1-13(19(16,17)12-6-5-9-18-12)10-11(15)14-7-3-2-4-8-14/h5-6,9H,2-4,7-8,10H2,1H3. The molecule has 0 spiro atoms. The van der Waals surface area contributed by atoms with Crippen LogP contribution in [0.2, 0.25) is 0 Å². The first-order valence-electron chi connectivity index (χ1n) is 6.29. The van der Waals surface area contributed by atoms with Crippen molar-refractivity contribution in [1.82, 2.24) is 9.21 Å². The van der Waals surface area contributed by atoms with Gasteiger partial charge in [0.15, 0.2) is 0 Å². The fraction of sp³-hybridized carbons (Fsp3) is 0.583. The van der Waals surface area contributed by atoms with Crippen LogP contribution in [-0.4, -0.2) is 50.2 Å². The lowest BCUT2D eigenvalue weighted by Gasteiger charge is -2.28. The van der Waals surface area contributed by atoms with Gasteiger partial charge in [-0.3, -0.25) is 4.79 Å². The van der Waals surface area contributed by atoms with Crippen molar-refractivity contribution in [2.75, 3.05) is 26.7 Å². The van der Waals surface area contributed by atoms with Crippen LogP contribution in [0.5, 0.6) is 0 Å². The molecule has 0 atom stereocenters. The highest BCUT2D eigenvalue weighted by atomic mass is 32.2. The van der Waals surface area contributed by atoms with Gasteiger partial charge in [0.25, 0.3) is 10.0 Å². The third-order valence-electron chi connectivity index (χ3n) is 3.23. The number of hydrogen-bond donors (Lipinski definition) is 0. The van der Waals surface area contributed by atoms with Crippen LogP contribution < -0.4 is 0 Å².